The predicted molar refractivity (Wildman–Crippen MR) is 237 cm³/mol. The molecule has 3 heteroatoms. The minimum absolute atomic E-state index is 0.530. The van der Waals surface area contributed by atoms with Crippen molar-refractivity contribution in [3.63, 3.8) is 0 Å². The van der Waals surface area contributed by atoms with Gasteiger partial charge in [-0.05, 0) is 79.9 Å². The predicted octanol–water partition coefficient (Wildman–Crippen LogP) is 13.4. The van der Waals surface area contributed by atoms with Crippen LogP contribution in [-0.4, -0.2) is 14.5 Å². The molecule has 0 saturated carbocycles. The molecule has 0 saturated heterocycles. The number of hydrogen-bond donors (Lipinski definition) is 0. The van der Waals surface area contributed by atoms with Crippen LogP contribution in [0.15, 0.2) is 212 Å². The molecule has 1 unspecified atom stereocenters. The van der Waals surface area contributed by atoms with Crippen molar-refractivity contribution in [1.82, 2.24) is 14.5 Å². The topological polar surface area (TPSA) is 30.7 Å². The van der Waals surface area contributed by atoms with Crippen molar-refractivity contribution in [2.75, 3.05) is 0 Å². The van der Waals surface area contributed by atoms with Gasteiger partial charge in [0.15, 0.2) is 0 Å². The lowest BCUT2D eigenvalue weighted by Crippen LogP contribution is -2.33. The van der Waals surface area contributed by atoms with Crippen LogP contribution in [0.2, 0.25) is 0 Å². The van der Waals surface area contributed by atoms with Gasteiger partial charge in [0.1, 0.15) is 5.82 Å². The van der Waals surface area contributed by atoms with Gasteiger partial charge in [-0.1, -0.05) is 188 Å². The summed E-state index contributed by atoms with van der Waals surface area (Å²) in [5.74, 6) is 0.963. The van der Waals surface area contributed by atoms with Crippen LogP contribution in [0.3, 0.4) is 0 Å². The first-order valence-electron chi connectivity index (χ1n) is 19.9. The minimum atomic E-state index is -0.530. The Bertz CT molecular complexity index is 3140. The second-order valence-electron chi connectivity index (χ2n) is 15.3. The van der Waals surface area contributed by atoms with Gasteiger partial charge in [0.05, 0.1) is 33.5 Å². The lowest BCUT2D eigenvalue weighted by atomic mass is 9.65. The number of hydrogen-bond acceptors (Lipinski definition) is 2. The first-order valence-corrected chi connectivity index (χ1v) is 19.9. The average Bonchev–Trinajstić information content (AvgIpc) is 3.84. The molecule has 1 aliphatic heterocycles. The first-order chi connectivity index (χ1) is 28.8. The van der Waals surface area contributed by atoms with E-state index in [1.54, 1.807) is 0 Å². The number of imidazole rings is 1. The molecule has 2 aromatic heterocycles. The lowest BCUT2D eigenvalue weighted by Gasteiger charge is -2.39. The quantitative estimate of drug-likeness (QED) is 0.176. The Labute approximate surface area is 337 Å². The molecule has 8 aromatic carbocycles. The second kappa shape index (κ2) is 12.7. The van der Waals surface area contributed by atoms with Crippen LogP contribution in [-0.2, 0) is 5.41 Å². The van der Waals surface area contributed by atoms with Crippen LogP contribution >= 0.6 is 0 Å². The zero-order chi connectivity index (χ0) is 38.2. The molecule has 270 valence electrons. The standard InChI is InChI=1S/C55H35N3/c1-4-16-36(17-5-1)41-34-49(38-18-6-2-7-19-38)56-50(35-41)39-32-30-37(31-33-39)42-23-14-26-46-52(42)43-22-10-11-24-44(43)55(46)45-25-12-13-29-51(45)58-53-47(55)27-15-28-48(53)57-54(58)40-20-8-3-9-21-40/h1-35H. The monoisotopic (exact) mass is 737 g/mol. The molecule has 1 spiro atoms. The van der Waals surface area contributed by atoms with E-state index in [1.165, 1.54) is 55.8 Å². The van der Waals surface area contributed by atoms with Crippen molar-refractivity contribution in [1.29, 1.82) is 0 Å². The fourth-order valence-electron chi connectivity index (χ4n) is 9.78. The van der Waals surface area contributed by atoms with E-state index in [1.807, 2.05) is 0 Å². The highest BCUT2D eigenvalue weighted by Gasteiger charge is 2.51. The summed E-state index contributed by atoms with van der Waals surface area (Å²) in [5, 5.41) is 0. The van der Waals surface area contributed by atoms with Gasteiger partial charge in [-0.25, -0.2) is 9.97 Å². The van der Waals surface area contributed by atoms with Crippen LogP contribution in [0.1, 0.15) is 22.3 Å². The maximum absolute atomic E-state index is 5.32. The van der Waals surface area contributed by atoms with Crippen molar-refractivity contribution in [2.24, 2.45) is 0 Å². The number of rotatable bonds is 5. The van der Waals surface area contributed by atoms with Crippen molar-refractivity contribution in [2.45, 2.75) is 5.41 Å². The van der Waals surface area contributed by atoms with Gasteiger partial charge in [-0.3, -0.25) is 4.57 Å². The van der Waals surface area contributed by atoms with E-state index in [-0.39, 0.29) is 0 Å². The highest BCUT2D eigenvalue weighted by molar-refractivity contribution is 6.01. The molecule has 0 radical (unpaired) electrons. The Morgan fingerprint density at radius 1 is 0.345 bits per heavy atom. The Hall–Kier alpha value is -7.62. The van der Waals surface area contributed by atoms with Crippen molar-refractivity contribution in [3.05, 3.63) is 235 Å². The SMILES string of the molecule is c1ccc(-c2cc(-c3ccccc3)nc(-c3ccc(-c4cccc5c4-c4ccccc4C54c5ccccc5-n5c(-c6ccccc6)nc6cccc4c65)cc3)c2)cc1. The van der Waals surface area contributed by atoms with E-state index in [0.717, 1.165) is 50.5 Å². The molecule has 10 aromatic rings. The summed E-state index contributed by atoms with van der Waals surface area (Å²) in [6, 6.07) is 76.6. The van der Waals surface area contributed by atoms with E-state index in [9.17, 15) is 0 Å². The number of benzene rings is 8. The van der Waals surface area contributed by atoms with Crippen LogP contribution in [0.4, 0.5) is 0 Å². The molecule has 0 bridgehead atoms. The minimum Gasteiger partial charge on any atom is -0.292 e. The Morgan fingerprint density at radius 2 is 0.879 bits per heavy atom. The zero-order valence-corrected chi connectivity index (χ0v) is 31.5. The molecule has 1 aliphatic carbocycles. The van der Waals surface area contributed by atoms with E-state index < -0.39 is 5.41 Å². The normalized spacial score (nSPS) is 14.6. The molecule has 58 heavy (non-hydrogen) atoms. The second-order valence-corrected chi connectivity index (χ2v) is 15.3. The van der Waals surface area contributed by atoms with Crippen LogP contribution in [0, 0.1) is 0 Å². The number of fused-ring (bicyclic) bond motifs is 9. The maximum atomic E-state index is 5.32. The number of pyridine rings is 1. The molecular formula is C55H35N3. The van der Waals surface area contributed by atoms with Crippen LogP contribution < -0.4 is 0 Å². The summed E-state index contributed by atoms with van der Waals surface area (Å²) in [6.45, 7) is 0. The fourth-order valence-corrected chi connectivity index (χ4v) is 9.78. The molecular weight excluding hydrogens is 703 g/mol. The maximum Gasteiger partial charge on any atom is 0.145 e. The van der Waals surface area contributed by atoms with Gasteiger partial charge in [0, 0.05) is 16.7 Å². The Balaban J connectivity index is 1.05. The summed E-state index contributed by atoms with van der Waals surface area (Å²) >= 11 is 0. The molecule has 3 nitrogen and oxygen atoms in total. The largest absolute Gasteiger partial charge is 0.292 e. The number of aromatic nitrogens is 3. The van der Waals surface area contributed by atoms with Crippen LogP contribution in [0.5, 0.6) is 0 Å². The number of para-hydroxylation sites is 2. The Morgan fingerprint density at radius 3 is 1.62 bits per heavy atom. The zero-order valence-electron chi connectivity index (χ0n) is 31.5. The van der Waals surface area contributed by atoms with E-state index in [4.69, 9.17) is 9.97 Å². The summed E-state index contributed by atoms with van der Waals surface area (Å²) < 4.78 is 2.40. The van der Waals surface area contributed by atoms with Crippen molar-refractivity contribution < 1.29 is 0 Å². The highest BCUT2D eigenvalue weighted by Crippen LogP contribution is 2.62. The summed E-state index contributed by atoms with van der Waals surface area (Å²) in [6.07, 6.45) is 0. The van der Waals surface area contributed by atoms with E-state index >= 15 is 0 Å². The van der Waals surface area contributed by atoms with Crippen molar-refractivity contribution in [3.8, 4) is 73.0 Å². The fraction of sp³-hybridized carbons (Fsp3) is 0.0182. The summed E-state index contributed by atoms with van der Waals surface area (Å²) in [7, 11) is 0. The van der Waals surface area contributed by atoms with Gasteiger partial charge >= 0.3 is 0 Å². The summed E-state index contributed by atoms with van der Waals surface area (Å²) in [5.41, 5.74) is 20.4. The highest BCUT2D eigenvalue weighted by atomic mass is 15.1. The van der Waals surface area contributed by atoms with Crippen LogP contribution in [0.25, 0.3) is 84.0 Å². The third-order valence-corrected chi connectivity index (χ3v) is 12.2. The summed E-state index contributed by atoms with van der Waals surface area (Å²) in [4.78, 5) is 10.5. The molecule has 0 amide bonds. The third-order valence-electron chi connectivity index (χ3n) is 12.2. The smallest absolute Gasteiger partial charge is 0.145 e. The third kappa shape index (κ3) is 4.68. The van der Waals surface area contributed by atoms with E-state index in [0.29, 0.717) is 0 Å². The van der Waals surface area contributed by atoms with Gasteiger partial charge < -0.3 is 0 Å². The van der Waals surface area contributed by atoms with Gasteiger partial charge in [-0.15, -0.1) is 0 Å². The van der Waals surface area contributed by atoms with Crippen molar-refractivity contribution >= 4 is 11.0 Å². The van der Waals surface area contributed by atoms with Gasteiger partial charge in [-0.2, -0.15) is 0 Å². The lowest BCUT2D eigenvalue weighted by molar-refractivity contribution is 0.746. The number of nitrogens with zero attached hydrogens (tertiary/aromatic N) is 3. The molecule has 2 aliphatic rings. The Kier molecular flexibility index (Phi) is 7.14. The first kappa shape index (κ1) is 32.6. The molecule has 3 heterocycles. The van der Waals surface area contributed by atoms with E-state index in [2.05, 4.69) is 217 Å². The molecule has 0 fully saturated rings. The molecule has 12 rings (SSSR count). The van der Waals surface area contributed by atoms with Gasteiger partial charge in [0.2, 0.25) is 0 Å². The molecule has 1 atom stereocenters. The van der Waals surface area contributed by atoms with Gasteiger partial charge in [0.25, 0.3) is 0 Å². The molecule has 0 N–H and O–H groups in total. The average molecular weight is 738 g/mol.